The summed E-state index contributed by atoms with van der Waals surface area (Å²) in [4.78, 5) is 0. The van der Waals surface area contributed by atoms with E-state index in [1.54, 1.807) is 6.92 Å². The van der Waals surface area contributed by atoms with E-state index >= 15 is 0 Å². The van der Waals surface area contributed by atoms with E-state index in [2.05, 4.69) is 14.9 Å². The molecule has 7 heteroatoms. The van der Waals surface area contributed by atoms with E-state index in [0.717, 1.165) is 0 Å². The summed E-state index contributed by atoms with van der Waals surface area (Å²) in [5.41, 5.74) is 1.16. The average Bonchev–Trinajstić information content (AvgIpc) is 2.74. The molecule has 0 radical (unpaired) electrons. The summed E-state index contributed by atoms with van der Waals surface area (Å²) in [6.45, 7) is 1.72. The third kappa shape index (κ3) is 3.31. The van der Waals surface area contributed by atoms with Crippen LogP contribution in [-0.2, 0) is 16.6 Å². The molecule has 1 heterocycles. The molecule has 4 nitrogen and oxygen atoms in total. The van der Waals surface area contributed by atoms with Gasteiger partial charge in [0.1, 0.15) is 11.4 Å². The van der Waals surface area contributed by atoms with Crippen LogP contribution in [0.5, 0.6) is 0 Å². The first-order valence-electron chi connectivity index (χ1n) is 5.47. The van der Waals surface area contributed by atoms with Crippen LogP contribution < -0.4 is 0 Å². The lowest BCUT2D eigenvalue weighted by molar-refractivity contribution is 0.00594. The van der Waals surface area contributed by atoms with Crippen molar-refractivity contribution in [3.63, 3.8) is 0 Å². The molecule has 0 bridgehead atoms. The zero-order chi connectivity index (χ0) is 12.5. The van der Waals surface area contributed by atoms with E-state index in [1.165, 1.54) is 0 Å². The molecule has 1 aliphatic rings. The van der Waals surface area contributed by atoms with Crippen LogP contribution in [0.3, 0.4) is 0 Å². The number of alkyl halides is 2. The zero-order valence-electron chi connectivity index (χ0n) is 9.49. The number of aryl methyl sites for hydroxylation is 1. The van der Waals surface area contributed by atoms with Gasteiger partial charge in [0.2, 0.25) is 5.92 Å². The van der Waals surface area contributed by atoms with Gasteiger partial charge in [-0.05, 0) is 19.3 Å². The third-order valence-corrected chi connectivity index (χ3v) is 4.41. The van der Waals surface area contributed by atoms with E-state index in [1.807, 2.05) is 0 Å². The van der Waals surface area contributed by atoms with E-state index in [4.69, 9.17) is 0 Å². The lowest BCUT2D eigenvalue weighted by Gasteiger charge is -2.09. The van der Waals surface area contributed by atoms with E-state index in [-0.39, 0.29) is 24.5 Å². The fraction of sp³-hybridized carbons (Fsp3) is 0.800. The highest BCUT2D eigenvalue weighted by Gasteiger charge is 2.39. The molecule has 0 aromatic carbocycles. The molecule has 0 amide bonds. The molecule has 17 heavy (non-hydrogen) atoms. The Morgan fingerprint density at radius 2 is 2.29 bits per heavy atom. The fourth-order valence-corrected chi connectivity index (χ4v) is 3.53. The highest BCUT2D eigenvalue weighted by atomic mass is 32.2. The highest BCUT2D eigenvalue weighted by molar-refractivity contribution is 7.84. The molecule has 1 aliphatic carbocycles. The molecule has 2 atom stereocenters. The van der Waals surface area contributed by atoms with Crippen LogP contribution in [0.4, 0.5) is 8.78 Å². The van der Waals surface area contributed by atoms with Gasteiger partial charge in [0, 0.05) is 29.4 Å². The minimum absolute atomic E-state index is 0.0839. The van der Waals surface area contributed by atoms with Gasteiger partial charge < -0.3 is 0 Å². The largest absolute Gasteiger partial charge is 0.259 e. The van der Waals surface area contributed by atoms with Crippen LogP contribution in [0.15, 0.2) is 4.63 Å². The van der Waals surface area contributed by atoms with Gasteiger partial charge in [-0.1, -0.05) is 10.3 Å². The first kappa shape index (κ1) is 12.6. The number of rotatable bonds is 4. The Bertz CT molecular complexity index is 422. The Kier molecular flexibility index (Phi) is 3.56. The highest BCUT2D eigenvalue weighted by Crippen LogP contribution is 2.39. The summed E-state index contributed by atoms with van der Waals surface area (Å²) in [7, 11) is -1.18. The van der Waals surface area contributed by atoms with E-state index in [0.29, 0.717) is 23.6 Å². The van der Waals surface area contributed by atoms with Crippen LogP contribution >= 0.6 is 0 Å². The van der Waals surface area contributed by atoms with Crippen molar-refractivity contribution in [2.75, 3.05) is 5.75 Å². The maximum atomic E-state index is 13.0. The molecule has 0 saturated heterocycles. The summed E-state index contributed by atoms with van der Waals surface area (Å²) in [5, 5.41) is 7.22. The molecule has 1 saturated carbocycles. The van der Waals surface area contributed by atoms with Gasteiger partial charge >= 0.3 is 0 Å². The zero-order valence-corrected chi connectivity index (χ0v) is 10.3. The monoisotopic (exact) mass is 264 g/mol. The number of aromatic nitrogens is 2. The summed E-state index contributed by atoms with van der Waals surface area (Å²) >= 11 is 0. The molecular weight excluding hydrogens is 250 g/mol. The van der Waals surface area contributed by atoms with Crippen molar-refractivity contribution < 1.29 is 17.6 Å². The molecule has 96 valence electrons. The number of halogens is 2. The predicted octanol–water partition coefficient (Wildman–Crippen LogP) is 2.06. The predicted molar refractivity (Wildman–Crippen MR) is 58.0 cm³/mol. The Morgan fingerprint density at radius 3 is 2.82 bits per heavy atom. The Labute approximate surface area is 100 Å². The van der Waals surface area contributed by atoms with Crippen LogP contribution in [0.2, 0.25) is 0 Å². The van der Waals surface area contributed by atoms with E-state index < -0.39 is 16.7 Å². The second kappa shape index (κ2) is 4.80. The van der Waals surface area contributed by atoms with Crippen LogP contribution in [0, 0.1) is 12.8 Å². The van der Waals surface area contributed by atoms with Crippen molar-refractivity contribution in [1.29, 1.82) is 0 Å². The molecule has 2 rings (SSSR count). The molecule has 1 fully saturated rings. The maximum absolute atomic E-state index is 13.0. The average molecular weight is 264 g/mol. The number of nitrogens with zero attached hydrogens (tertiary/aromatic N) is 2. The topological polar surface area (TPSA) is 56.0 Å². The van der Waals surface area contributed by atoms with Gasteiger partial charge in [-0.15, -0.1) is 0 Å². The smallest absolute Gasteiger partial charge is 0.248 e. The van der Waals surface area contributed by atoms with Crippen LogP contribution in [0.1, 0.15) is 30.7 Å². The van der Waals surface area contributed by atoms with Crippen molar-refractivity contribution in [2.24, 2.45) is 5.92 Å². The van der Waals surface area contributed by atoms with Gasteiger partial charge in [-0.25, -0.2) is 13.4 Å². The minimum atomic E-state index is -2.57. The van der Waals surface area contributed by atoms with Crippen molar-refractivity contribution >= 4 is 10.8 Å². The van der Waals surface area contributed by atoms with E-state index in [9.17, 15) is 13.0 Å². The van der Waals surface area contributed by atoms with Gasteiger partial charge in [0.05, 0.1) is 5.75 Å². The SMILES string of the molecule is Cc1nonc1CS(=O)CC1CCC(F)(F)C1. The lowest BCUT2D eigenvalue weighted by Crippen LogP contribution is -2.14. The summed E-state index contributed by atoms with van der Waals surface area (Å²) in [6.07, 6.45) is 0.225. The molecule has 1 aromatic rings. The second-order valence-electron chi connectivity index (χ2n) is 4.51. The molecule has 1 aromatic heterocycles. The normalized spacial score (nSPS) is 25.0. The Morgan fingerprint density at radius 1 is 1.53 bits per heavy atom. The fourth-order valence-electron chi connectivity index (χ4n) is 2.04. The Hall–Kier alpha value is -0.850. The Balaban J connectivity index is 1.85. The third-order valence-electron chi connectivity index (χ3n) is 2.97. The second-order valence-corrected chi connectivity index (χ2v) is 6.01. The molecule has 0 N–H and O–H groups in total. The van der Waals surface area contributed by atoms with Crippen molar-refractivity contribution in [1.82, 2.24) is 10.3 Å². The van der Waals surface area contributed by atoms with Gasteiger partial charge in [0.15, 0.2) is 0 Å². The van der Waals surface area contributed by atoms with Crippen molar-refractivity contribution in [3.05, 3.63) is 11.4 Å². The van der Waals surface area contributed by atoms with Gasteiger partial charge in [-0.2, -0.15) is 0 Å². The lowest BCUT2D eigenvalue weighted by atomic mass is 10.1. The summed E-state index contributed by atoms with van der Waals surface area (Å²) in [6, 6.07) is 0. The standard InChI is InChI=1S/C10H14F2N2O2S/c1-7-9(14-16-13-7)6-17(15)5-8-2-3-10(11,12)4-8/h8H,2-6H2,1H3. The van der Waals surface area contributed by atoms with Gasteiger partial charge in [-0.3, -0.25) is 4.21 Å². The molecule has 0 spiro atoms. The number of hydrogen-bond acceptors (Lipinski definition) is 4. The minimum Gasteiger partial charge on any atom is -0.259 e. The number of hydrogen-bond donors (Lipinski definition) is 0. The first-order valence-corrected chi connectivity index (χ1v) is 6.96. The first-order chi connectivity index (χ1) is 7.96. The molecular formula is C10H14F2N2O2S. The summed E-state index contributed by atoms with van der Waals surface area (Å²) in [5.74, 6) is -2.18. The molecule has 0 aliphatic heterocycles. The summed E-state index contributed by atoms with van der Waals surface area (Å²) < 4.78 is 42.2. The quantitative estimate of drug-likeness (QED) is 0.835. The van der Waals surface area contributed by atoms with Crippen molar-refractivity contribution in [3.8, 4) is 0 Å². The van der Waals surface area contributed by atoms with Crippen molar-refractivity contribution in [2.45, 2.75) is 37.9 Å². The van der Waals surface area contributed by atoms with Crippen LogP contribution in [-0.4, -0.2) is 26.2 Å². The molecule has 2 unspecified atom stereocenters. The van der Waals surface area contributed by atoms with Gasteiger partial charge in [0.25, 0.3) is 0 Å². The van der Waals surface area contributed by atoms with Crippen LogP contribution in [0.25, 0.3) is 0 Å². The maximum Gasteiger partial charge on any atom is 0.248 e.